The van der Waals surface area contributed by atoms with Crippen LogP contribution in [0.15, 0.2) is 66.7 Å². The van der Waals surface area contributed by atoms with Crippen LogP contribution in [-0.4, -0.2) is 18.5 Å². The smallest absolute Gasteiger partial charge is 0.349 e. The molecule has 29 heavy (non-hydrogen) atoms. The predicted molar refractivity (Wildman–Crippen MR) is 113 cm³/mol. The van der Waals surface area contributed by atoms with Gasteiger partial charge >= 0.3 is 5.97 Å². The Hall–Kier alpha value is -3.60. The summed E-state index contributed by atoms with van der Waals surface area (Å²) in [7, 11) is 0. The van der Waals surface area contributed by atoms with Crippen molar-refractivity contribution in [2.45, 2.75) is 20.8 Å². The number of para-hydroxylation sites is 1. The van der Waals surface area contributed by atoms with Gasteiger partial charge in [0.1, 0.15) is 11.5 Å². The Bertz CT molecular complexity index is 988. The van der Waals surface area contributed by atoms with Crippen molar-refractivity contribution in [2.75, 3.05) is 11.9 Å². The lowest BCUT2D eigenvalue weighted by Gasteiger charge is -2.11. The van der Waals surface area contributed by atoms with Gasteiger partial charge in [-0.1, -0.05) is 35.9 Å². The summed E-state index contributed by atoms with van der Waals surface area (Å²) in [6, 6.07) is 19.7. The number of esters is 1. The second kappa shape index (κ2) is 9.06. The van der Waals surface area contributed by atoms with Crippen LogP contribution in [0.25, 0.3) is 0 Å². The zero-order chi connectivity index (χ0) is 20.8. The average molecular weight is 389 g/mol. The van der Waals surface area contributed by atoms with Gasteiger partial charge in [-0.25, -0.2) is 4.79 Å². The van der Waals surface area contributed by atoms with Gasteiger partial charge < -0.3 is 14.8 Å². The Kier molecular flexibility index (Phi) is 6.29. The van der Waals surface area contributed by atoms with Gasteiger partial charge in [-0.05, 0) is 68.3 Å². The Labute approximate surface area is 170 Å². The molecule has 0 heterocycles. The first-order valence-electron chi connectivity index (χ1n) is 9.30. The van der Waals surface area contributed by atoms with Crippen LogP contribution in [0.3, 0.4) is 0 Å². The van der Waals surface area contributed by atoms with Crippen LogP contribution in [0.2, 0.25) is 0 Å². The number of carbonyl (C=O) groups excluding carboxylic acids is 2. The summed E-state index contributed by atoms with van der Waals surface area (Å²) in [5.41, 5.74) is 4.23. The van der Waals surface area contributed by atoms with Gasteiger partial charge in [0, 0.05) is 11.3 Å². The summed E-state index contributed by atoms with van der Waals surface area (Å²) in [6.45, 7) is 5.64. The van der Waals surface area contributed by atoms with Crippen LogP contribution in [0.1, 0.15) is 27.0 Å². The molecule has 3 rings (SSSR count). The molecule has 148 valence electrons. The number of hydrogen-bond acceptors (Lipinski definition) is 4. The third kappa shape index (κ3) is 5.45. The first-order valence-corrected chi connectivity index (χ1v) is 9.30. The number of rotatable bonds is 6. The van der Waals surface area contributed by atoms with Crippen molar-refractivity contribution in [3.63, 3.8) is 0 Å². The molecule has 0 saturated heterocycles. The van der Waals surface area contributed by atoms with E-state index in [2.05, 4.69) is 5.32 Å². The van der Waals surface area contributed by atoms with E-state index in [-0.39, 0.29) is 12.5 Å². The van der Waals surface area contributed by atoms with Gasteiger partial charge in [-0.15, -0.1) is 0 Å². The molecular weight excluding hydrogens is 366 g/mol. The molecule has 0 aliphatic heterocycles. The number of amides is 1. The van der Waals surface area contributed by atoms with Crippen LogP contribution >= 0.6 is 0 Å². The molecule has 1 amide bonds. The number of anilines is 1. The van der Waals surface area contributed by atoms with Crippen molar-refractivity contribution < 1.29 is 19.1 Å². The number of benzene rings is 3. The molecule has 0 fully saturated rings. The lowest BCUT2D eigenvalue weighted by atomic mass is 10.1. The molecule has 5 nitrogen and oxygen atoms in total. The van der Waals surface area contributed by atoms with Crippen LogP contribution < -0.4 is 14.8 Å². The molecule has 0 bridgehead atoms. The third-order valence-corrected chi connectivity index (χ3v) is 4.40. The second-order valence-electron chi connectivity index (χ2n) is 6.83. The summed E-state index contributed by atoms with van der Waals surface area (Å²) in [6.07, 6.45) is 0. The monoisotopic (exact) mass is 389 g/mol. The van der Waals surface area contributed by atoms with Crippen molar-refractivity contribution in [3.05, 3.63) is 89.0 Å². The quantitative estimate of drug-likeness (QED) is 0.484. The molecule has 0 radical (unpaired) electrons. The van der Waals surface area contributed by atoms with Crippen molar-refractivity contribution in [3.8, 4) is 11.5 Å². The van der Waals surface area contributed by atoms with Crippen molar-refractivity contribution in [2.24, 2.45) is 0 Å². The SMILES string of the molecule is Cc1ccc(NC(=O)c2ccc(OC(=O)COc3c(C)cccc3C)cc2)cc1. The molecule has 3 aromatic carbocycles. The topological polar surface area (TPSA) is 64.6 Å². The van der Waals surface area contributed by atoms with E-state index in [1.807, 2.05) is 63.2 Å². The number of ether oxygens (including phenoxy) is 2. The minimum absolute atomic E-state index is 0.193. The summed E-state index contributed by atoms with van der Waals surface area (Å²) in [4.78, 5) is 24.4. The van der Waals surface area contributed by atoms with Gasteiger partial charge in [-0.2, -0.15) is 0 Å². The standard InChI is InChI=1S/C24H23NO4/c1-16-7-11-20(12-8-16)25-24(27)19-9-13-21(14-10-19)29-22(26)15-28-23-17(2)5-4-6-18(23)3/h4-14H,15H2,1-3H3,(H,25,27). The Morgan fingerprint density at radius 2 is 1.45 bits per heavy atom. The van der Waals surface area contributed by atoms with Gasteiger partial charge in [0.15, 0.2) is 6.61 Å². The zero-order valence-corrected chi connectivity index (χ0v) is 16.7. The van der Waals surface area contributed by atoms with E-state index in [1.165, 1.54) is 0 Å². The number of nitrogens with one attached hydrogen (secondary N) is 1. The number of aryl methyl sites for hydroxylation is 3. The molecule has 0 spiro atoms. The van der Waals surface area contributed by atoms with Crippen molar-refractivity contribution >= 4 is 17.6 Å². The summed E-state index contributed by atoms with van der Waals surface area (Å²) >= 11 is 0. The first kappa shape index (κ1) is 20.1. The summed E-state index contributed by atoms with van der Waals surface area (Å²) in [5, 5.41) is 2.83. The molecule has 0 unspecified atom stereocenters. The fourth-order valence-electron chi connectivity index (χ4n) is 2.83. The lowest BCUT2D eigenvalue weighted by Crippen LogP contribution is -2.18. The maximum absolute atomic E-state index is 12.3. The van der Waals surface area contributed by atoms with Crippen molar-refractivity contribution in [1.29, 1.82) is 0 Å². The molecule has 0 aliphatic carbocycles. The minimum Gasteiger partial charge on any atom is -0.481 e. The molecule has 3 aromatic rings. The maximum atomic E-state index is 12.3. The summed E-state index contributed by atoms with van der Waals surface area (Å²) in [5.74, 6) is 0.300. The van der Waals surface area contributed by atoms with Gasteiger partial charge in [0.2, 0.25) is 0 Å². The van der Waals surface area contributed by atoms with E-state index in [4.69, 9.17) is 9.47 Å². The van der Waals surface area contributed by atoms with Gasteiger partial charge in [0.25, 0.3) is 5.91 Å². The highest BCUT2D eigenvalue weighted by atomic mass is 16.6. The van der Waals surface area contributed by atoms with Crippen molar-refractivity contribution in [1.82, 2.24) is 0 Å². The maximum Gasteiger partial charge on any atom is 0.349 e. The predicted octanol–water partition coefficient (Wildman–Crippen LogP) is 4.85. The molecule has 0 saturated carbocycles. The average Bonchev–Trinajstić information content (AvgIpc) is 2.70. The highest BCUT2D eigenvalue weighted by Crippen LogP contribution is 2.22. The summed E-state index contributed by atoms with van der Waals surface area (Å²) < 4.78 is 10.9. The van der Waals surface area contributed by atoms with E-state index >= 15 is 0 Å². The van der Waals surface area contributed by atoms with Crippen LogP contribution in [-0.2, 0) is 4.79 Å². The third-order valence-electron chi connectivity index (χ3n) is 4.40. The van der Waals surface area contributed by atoms with Crippen LogP contribution in [0.4, 0.5) is 5.69 Å². The minimum atomic E-state index is -0.510. The largest absolute Gasteiger partial charge is 0.481 e. The molecule has 0 aromatic heterocycles. The van der Waals surface area contributed by atoms with E-state index in [0.29, 0.717) is 17.1 Å². The molecule has 5 heteroatoms. The van der Waals surface area contributed by atoms with Crippen LogP contribution in [0.5, 0.6) is 11.5 Å². The Morgan fingerprint density at radius 3 is 2.07 bits per heavy atom. The highest BCUT2D eigenvalue weighted by molar-refractivity contribution is 6.04. The van der Waals surface area contributed by atoms with E-state index in [0.717, 1.165) is 22.4 Å². The Balaban J connectivity index is 1.55. The molecular formula is C24H23NO4. The highest BCUT2D eigenvalue weighted by Gasteiger charge is 2.11. The fraction of sp³-hybridized carbons (Fsp3) is 0.167. The van der Waals surface area contributed by atoms with E-state index in [9.17, 15) is 9.59 Å². The normalized spacial score (nSPS) is 10.3. The van der Waals surface area contributed by atoms with E-state index < -0.39 is 5.97 Å². The van der Waals surface area contributed by atoms with Crippen LogP contribution in [0, 0.1) is 20.8 Å². The lowest BCUT2D eigenvalue weighted by molar-refractivity contribution is -0.136. The number of carbonyl (C=O) groups is 2. The number of hydrogen-bond donors (Lipinski definition) is 1. The van der Waals surface area contributed by atoms with Gasteiger partial charge in [0.05, 0.1) is 0 Å². The second-order valence-corrected chi connectivity index (χ2v) is 6.83. The Morgan fingerprint density at radius 1 is 0.828 bits per heavy atom. The zero-order valence-electron chi connectivity index (χ0n) is 16.7. The molecule has 1 N–H and O–H groups in total. The van der Waals surface area contributed by atoms with Gasteiger partial charge in [-0.3, -0.25) is 4.79 Å². The fourth-order valence-corrected chi connectivity index (χ4v) is 2.83. The molecule has 0 atom stereocenters. The molecule has 0 aliphatic rings. The van der Waals surface area contributed by atoms with E-state index in [1.54, 1.807) is 24.3 Å². The first-order chi connectivity index (χ1) is 13.9.